The fourth-order valence-corrected chi connectivity index (χ4v) is 4.82. The van der Waals surface area contributed by atoms with Crippen LogP contribution in [-0.4, -0.2) is 47.4 Å². The molecule has 2 aromatic carbocycles. The zero-order valence-corrected chi connectivity index (χ0v) is 20.4. The number of ether oxygens (including phenoxy) is 3. The van der Waals surface area contributed by atoms with Crippen LogP contribution < -0.4 is 23.8 Å². The summed E-state index contributed by atoms with van der Waals surface area (Å²) in [5.41, 5.74) is 2.51. The number of hydrogen-bond donors (Lipinski definition) is 1. The molecule has 1 aliphatic rings. The van der Waals surface area contributed by atoms with E-state index in [4.69, 9.17) is 14.2 Å². The SMILES string of the molecule is CC[C@H](NC(=O)CCCN(c1ccc2c(c1)OCCO2)S(C)(=O)=O)c1ccc(OC)c(C)c1. The van der Waals surface area contributed by atoms with Crippen molar-refractivity contribution >= 4 is 21.6 Å². The van der Waals surface area contributed by atoms with Crippen LogP contribution in [-0.2, 0) is 14.8 Å². The second-order valence-corrected chi connectivity index (χ2v) is 9.93. The van der Waals surface area contributed by atoms with E-state index in [0.29, 0.717) is 36.8 Å². The van der Waals surface area contributed by atoms with Gasteiger partial charge in [0.2, 0.25) is 15.9 Å². The fourth-order valence-electron chi connectivity index (χ4n) is 3.86. The molecule has 0 fully saturated rings. The van der Waals surface area contributed by atoms with Crippen molar-refractivity contribution in [3.05, 3.63) is 47.5 Å². The third-order valence-electron chi connectivity index (χ3n) is 5.54. The van der Waals surface area contributed by atoms with Gasteiger partial charge in [-0.05, 0) is 49.1 Å². The Hall–Kier alpha value is -2.94. The molecule has 1 amide bonds. The van der Waals surface area contributed by atoms with Gasteiger partial charge in [0.1, 0.15) is 19.0 Å². The second-order valence-electron chi connectivity index (χ2n) is 8.02. The quantitative estimate of drug-likeness (QED) is 0.563. The predicted octanol–water partition coefficient (Wildman–Crippen LogP) is 3.59. The molecule has 1 heterocycles. The van der Waals surface area contributed by atoms with Crippen LogP contribution in [0, 0.1) is 6.92 Å². The average molecular weight is 477 g/mol. The summed E-state index contributed by atoms with van der Waals surface area (Å²) in [5, 5.41) is 3.06. The Morgan fingerprint density at radius 2 is 1.88 bits per heavy atom. The molecular formula is C24H32N2O6S. The van der Waals surface area contributed by atoms with Crippen LogP contribution in [0.5, 0.6) is 17.2 Å². The van der Waals surface area contributed by atoms with Crippen molar-refractivity contribution in [3.63, 3.8) is 0 Å². The second kappa shape index (κ2) is 10.8. The topological polar surface area (TPSA) is 94.2 Å². The highest BCUT2D eigenvalue weighted by Crippen LogP contribution is 2.34. The summed E-state index contributed by atoms with van der Waals surface area (Å²) in [4.78, 5) is 12.6. The molecule has 33 heavy (non-hydrogen) atoms. The van der Waals surface area contributed by atoms with E-state index >= 15 is 0 Å². The van der Waals surface area contributed by atoms with Gasteiger partial charge < -0.3 is 19.5 Å². The van der Waals surface area contributed by atoms with E-state index in [1.165, 1.54) is 4.31 Å². The zero-order chi connectivity index (χ0) is 24.0. The van der Waals surface area contributed by atoms with Gasteiger partial charge in [-0.25, -0.2) is 8.42 Å². The van der Waals surface area contributed by atoms with E-state index in [9.17, 15) is 13.2 Å². The van der Waals surface area contributed by atoms with E-state index in [0.717, 1.165) is 29.6 Å². The Balaban J connectivity index is 1.61. The van der Waals surface area contributed by atoms with Crippen molar-refractivity contribution in [3.8, 4) is 17.2 Å². The van der Waals surface area contributed by atoms with Crippen molar-refractivity contribution in [2.75, 3.05) is 37.4 Å². The standard InChI is InChI=1S/C24H32N2O6S/c1-5-20(18-8-10-21(30-3)17(2)15-18)25-24(27)7-6-12-26(33(4,28)29)19-9-11-22-23(16-19)32-14-13-31-22/h8-11,15-16,20H,5-7,12-14H2,1-4H3,(H,25,27)/t20-/m0/s1. The highest BCUT2D eigenvalue weighted by molar-refractivity contribution is 7.92. The van der Waals surface area contributed by atoms with Gasteiger partial charge in [0.05, 0.1) is 25.1 Å². The molecule has 180 valence electrons. The van der Waals surface area contributed by atoms with Gasteiger partial charge in [0.15, 0.2) is 11.5 Å². The number of rotatable bonds is 10. The van der Waals surface area contributed by atoms with Crippen molar-refractivity contribution in [2.45, 2.75) is 39.2 Å². The molecular weight excluding hydrogens is 444 g/mol. The number of methoxy groups -OCH3 is 1. The van der Waals surface area contributed by atoms with Gasteiger partial charge in [-0.15, -0.1) is 0 Å². The van der Waals surface area contributed by atoms with E-state index in [-0.39, 0.29) is 24.9 Å². The number of anilines is 1. The van der Waals surface area contributed by atoms with Crippen molar-refractivity contribution in [2.24, 2.45) is 0 Å². The van der Waals surface area contributed by atoms with Crippen LogP contribution in [0.1, 0.15) is 43.4 Å². The molecule has 0 aromatic heterocycles. The largest absolute Gasteiger partial charge is 0.496 e. The highest BCUT2D eigenvalue weighted by atomic mass is 32.2. The van der Waals surface area contributed by atoms with E-state index in [2.05, 4.69) is 5.32 Å². The lowest BCUT2D eigenvalue weighted by Crippen LogP contribution is -2.33. The molecule has 0 aliphatic carbocycles. The molecule has 1 atom stereocenters. The predicted molar refractivity (Wildman–Crippen MR) is 128 cm³/mol. The van der Waals surface area contributed by atoms with Gasteiger partial charge in [-0.2, -0.15) is 0 Å². The first kappa shape index (κ1) is 24.7. The number of hydrogen-bond acceptors (Lipinski definition) is 6. The molecule has 0 spiro atoms. The Bertz CT molecular complexity index is 1090. The van der Waals surface area contributed by atoms with Crippen LogP contribution in [0.25, 0.3) is 0 Å². The minimum atomic E-state index is -3.53. The van der Waals surface area contributed by atoms with E-state index in [1.807, 2.05) is 32.0 Å². The van der Waals surface area contributed by atoms with Crippen LogP contribution in [0.15, 0.2) is 36.4 Å². The molecule has 2 aromatic rings. The van der Waals surface area contributed by atoms with Gasteiger partial charge >= 0.3 is 0 Å². The number of carbonyl (C=O) groups is 1. The van der Waals surface area contributed by atoms with Gasteiger partial charge in [-0.3, -0.25) is 9.10 Å². The number of amides is 1. The number of benzene rings is 2. The third kappa shape index (κ3) is 6.31. The number of sulfonamides is 1. The third-order valence-corrected chi connectivity index (χ3v) is 6.74. The lowest BCUT2D eigenvalue weighted by atomic mass is 10.0. The number of fused-ring (bicyclic) bond motifs is 1. The molecule has 0 unspecified atom stereocenters. The molecule has 0 saturated carbocycles. The Labute approximate surface area is 195 Å². The molecule has 3 rings (SSSR count). The number of nitrogens with zero attached hydrogens (tertiary/aromatic N) is 1. The van der Waals surface area contributed by atoms with Crippen LogP contribution in [0.3, 0.4) is 0 Å². The molecule has 0 bridgehead atoms. The molecule has 8 nitrogen and oxygen atoms in total. The lowest BCUT2D eigenvalue weighted by Gasteiger charge is -2.25. The Morgan fingerprint density at radius 1 is 1.15 bits per heavy atom. The maximum atomic E-state index is 12.6. The summed E-state index contributed by atoms with van der Waals surface area (Å²) in [5.74, 6) is 1.80. The maximum absolute atomic E-state index is 12.6. The normalized spacial score (nSPS) is 13.8. The number of nitrogens with one attached hydrogen (secondary N) is 1. The first-order valence-corrected chi connectivity index (χ1v) is 12.9. The van der Waals surface area contributed by atoms with Crippen molar-refractivity contribution in [1.82, 2.24) is 5.32 Å². The van der Waals surface area contributed by atoms with Crippen molar-refractivity contribution < 1.29 is 27.4 Å². The first-order chi connectivity index (χ1) is 15.7. The minimum absolute atomic E-state index is 0.119. The summed E-state index contributed by atoms with van der Waals surface area (Å²) in [6, 6.07) is 10.8. The van der Waals surface area contributed by atoms with Crippen LogP contribution in [0.4, 0.5) is 5.69 Å². The molecule has 0 saturated heterocycles. The van der Waals surface area contributed by atoms with Crippen LogP contribution in [0.2, 0.25) is 0 Å². The molecule has 9 heteroatoms. The smallest absolute Gasteiger partial charge is 0.232 e. The van der Waals surface area contributed by atoms with Gasteiger partial charge in [0, 0.05) is 19.0 Å². The lowest BCUT2D eigenvalue weighted by molar-refractivity contribution is -0.121. The van der Waals surface area contributed by atoms with E-state index < -0.39 is 10.0 Å². The fraction of sp³-hybridized carbons (Fsp3) is 0.458. The Morgan fingerprint density at radius 3 is 2.52 bits per heavy atom. The molecule has 1 aliphatic heterocycles. The highest BCUT2D eigenvalue weighted by Gasteiger charge is 2.21. The number of carbonyl (C=O) groups excluding carboxylic acids is 1. The van der Waals surface area contributed by atoms with Gasteiger partial charge in [0.25, 0.3) is 0 Å². The van der Waals surface area contributed by atoms with E-state index in [1.54, 1.807) is 25.3 Å². The van der Waals surface area contributed by atoms with Gasteiger partial charge in [-0.1, -0.05) is 19.1 Å². The van der Waals surface area contributed by atoms with Crippen LogP contribution >= 0.6 is 0 Å². The summed E-state index contributed by atoms with van der Waals surface area (Å²) in [7, 11) is -1.90. The minimum Gasteiger partial charge on any atom is -0.496 e. The first-order valence-electron chi connectivity index (χ1n) is 11.0. The molecule has 0 radical (unpaired) electrons. The molecule has 1 N–H and O–H groups in total. The van der Waals surface area contributed by atoms with Crippen molar-refractivity contribution in [1.29, 1.82) is 0 Å². The summed E-state index contributed by atoms with van der Waals surface area (Å²) >= 11 is 0. The number of aryl methyl sites for hydroxylation is 1. The Kier molecular flexibility index (Phi) is 8.07. The maximum Gasteiger partial charge on any atom is 0.232 e. The summed E-state index contributed by atoms with van der Waals surface area (Å²) < 4.78 is 42.5. The summed E-state index contributed by atoms with van der Waals surface area (Å²) in [6.07, 6.45) is 2.49. The zero-order valence-electron chi connectivity index (χ0n) is 19.6. The summed E-state index contributed by atoms with van der Waals surface area (Å²) in [6.45, 7) is 5.05. The average Bonchev–Trinajstić information content (AvgIpc) is 2.79. The monoisotopic (exact) mass is 476 g/mol.